The van der Waals surface area contributed by atoms with Crippen molar-refractivity contribution in [3.8, 4) is 0 Å². The van der Waals surface area contributed by atoms with Crippen LogP contribution < -0.4 is 0 Å². The normalized spacial score (nSPS) is 39.5. The van der Waals surface area contributed by atoms with Crippen LogP contribution in [0.25, 0.3) is 0 Å². The van der Waals surface area contributed by atoms with Gasteiger partial charge in [0.1, 0.15) is 4.32 Å². The predicted octanol–water partition coefficient (Wildman–Crippen LogP) is 1.95. The largest absolute Gasteiger partial charge is 0.294 e. The lowest BCUT2D eigenvalue weighted by atomic mass is 9.65. The molecular formula is C14H15BrO4S. The van der Waals surface area contributed by atoms with Crippen LogP contribution in [0.4, 0.5) is 0 Å². The molecule has 6 heteroatoms. The Kier molecular flexibility index (Phi) is 2.93. The first-order chi connectivity index (χ1) is 9.19. The Morgan fingerprint density at radius 1 is 1.25 bits per heavy atom. The van der Waals surface area contributed by atoms with E-state index in [9.17, 15) is 18.0 Å². The molecule has 0 unspecified atom stereocenters. The highest BCUT2D eigenvalue weighted by atomic mass is 79.9. The SMILES string of the molecule is CC1=CC(=O)[C@H]2CC(C)=C3[C@H](CCS3(=O)=O)[C@]2(Br)C1=O. The van der Waals surface area contributed by atoms with Gasteiger partial charge in [-0.2, -0.15) is 0 Å². The van der Waals surface area contributed by atoms with Crippen LogP contribution in [0.1, 0.15) is 26.7 Å². The van der Waals surface area contributed by atoms with Crippen LogP contribution in [0.5, 0.6) is 0 Å². The van der Waals surface area contributed by atoms with E-state index in [0.717, 1.165) is 5.57 Å². The van der Waals surface area contributed by atoms with Crippen molar-refractivity contribution in [2.45, 2.75) is 31.0 Å². The number of hydrogen-bond acceptors (Lipinski definition) is 4. The third-order valence-corrected chi connectivity index (χ3v) is 8.22. The smallest absolute Gasteiger partial charge is 0.176 e. The topological polar surface area (TPSA) is 68.3 Å². The van der Waals surface area contributed by atoms with Crippen molar-refractivity contribution in [3.63, 3.8) is 0 Å². The van der Waals surface area contributed by atoms with Crippen LogP contribution in [0.3, 0.4) is 0 Å². The number of carbonyl (C=O) groups is 2. The number of carbonyl (C=O) groups excluding carboxylic acids is 2. The van der Waals surface area contributed by atoms with Gasteiger partial charge in [0.25, 0.3) is 0 Å². The van der Waals surface area contributed by atoms with Gasteiger partial charge in [0.15, 0.2) is 21.4 Å². The van der Waals surface area contributed by atoms with Crippen molar-refractivity contribution in [3.05, 3.63) is 22.1 Å². The highest BCUT2D eigenvalue weighted by Gasteiger charge is 2.61. The average molecular weight is 359 g/mol. The summed E-state index contributed by atoms with van der Waals surface area (Å²) in [7, 11) is -3.28. The van der Waals surface area contributed by atoms with E-state index in [1.165, 1.54) is 6.08 Å². The second-order valence-corrected chi connectivity index (χ2v) is 9.28. The molecule has 0 saturated carbocycles. The van der Waals surface area contributed by atoms with E-state index in [1.807, 2.05) is 0 Å². The number of hydrogen-bond donors (Lipinski definition) is 0. The summed E-state index contributed by atoms with van der Waals surface area (Å²) in [5.74, 6) is -1.06. The number of halogens is 1. The summed E-state index contributed by atoms with van der Waals surface area (Å²) in [4.78, 5) is 25.2. The first kappa shape index (κ1) is 14.2. The van der Waals surface area contributed by atoms with Crippen LogP contribution in [0.15, 0.2) is 22.1 Å². The minimum Gasteiger partial charge on any atom is -0.294 e. The first-order valence-electron chi connectivity index (χ1n) is 6.58. The first-order valence-corrected chi connectivity index (χ1v) is 9.02. The van der Waals surface area contributed by atoms with Gasteiger partial charge in [-0.1, -0.05) is 21.5 Å². The lowest BCUT2D eigenvalue weighted by Gasteiger charge is -2.44. The fourth-order valence-electron chi connectivity index (χ4n) is 3.80. The van der Waals surface area contributed by atoms with Crippen molar-refractivity contribution in [1.29, 1.82) is 0 Å². The third kappa shape index (κ3) is 1.61. The molecule has 1 saturated heterocycles. The molecule has 108 valence electrons. The standard InChI is InChI=1S/C14H15BrO4S/c1-7-5-10-11(16)6-8(2)13(17)14(10,15)9-3-4-20(18,19)12(7)9/h6,9-10H,3-5H2,1-2H3/t9-,10+,14+/m0/s1. The molecule has 3 atom stereocenters. The van der Waals surface area contributed by atoms with Crippen molar-refractivity contribution >= 4 is 37.3 Å². The molecule has 0 radical (unpaired) electrons. The molecule has 0 aromatic carbocycles. The van der Waals surface area contributed by atoms with Crippen LogP contribution in [-0.4, -0.2) is 30.1 Å². The Bertz CT molecular complexity index is 701. The number of fused-ring (bicyclic) bond motifs is 3. The lowest BCUT2D eigenvalue weighted by molar-refractivity contribution is -0.129. The zero-order valence-corrected chi connectivity index (χ0v) is 13.7. The highest BCUT2D eigenvalue weighted by Crippen LogP contribution is 2.56. The maximum absolute atomic E-state index is 12.6. The Hall–Kier alpha value is -0.750. The van der Waals surface area contributed by atoms with Gasteiger partial charge in [0.2, 0.25) is 0 Å². The lowest BCUT2D eigenvalue weighted by Crippen LogP contribution is -2.54. The van der Waals surface area contributed by atoms with Crippen LogP contribution in [0.2, 0.25) is 0 Å². The monoisotopic (exact) mass is 358 g/mol. The Labute approximate surface area is 126 Å². The second kappa shape index (κ2) is 4.13. The fraction of sp³-hybridized carbons (Fsp3) is 0.571. The second-order valence-electron chi connectivity index (χ2n) is 5.89. The van der Waals surface area contributed by atoms with Gasteiger partial charge < -0.3 is 0 Å². The quantitative estimate of drug-likeness (QED) is 0.620. The molecule has 1 fully saturated rings. The summed E-state index contributed by atoms with van der Waals surface area (Å²) in [5.41, 5.74) is 1.15. The molecule has 0 amide bonds. The fourth-order valence-corrected chi connectivity index (χ4v) is 7.23. The van der Waals surface area contributed by atoms with Crippen LogP contribution in [0, 0.1) is 11.8 Å². The molecule has 0 aromatic heterocycles. The maximum atomic E-state index is 12.6. The average Bonchev–Trinajstić information content (AvgIpc) is 2.68. The van der Waals surface area contributed by atoms with Gasteiger partial charge in [0.05, 0.1) is 5.75 Å². The number of sulfone groups is 1. The van der Waals surface area contributed by atoms with E-state index in [4.69, 9.17) is 0 Å². The van der Waals surface area contributed by atoms with E-state index in [0.29, 0.717) is 23.3 Å². The number of Topliss-reactive ketones (excluding diaryl/α,β-unsaturated/α-hetero) is 1. The van der Waals surface area contributed by atoms with Gasteiger partial charge in [-0.15, -0.1) is 0 Å². The Morgan fingerprint density at radius 3 is 2.55 bits per heavy atom. The van der Waals surface area contributed by atoms with E-state index < -0.39 is 26.0 Å². The molecule has 3 rings (SSSR count). The van der Waals surface area contributed by atoms with E-state index in [-0.39, 0.29) is 17.3 Å². The molecule has 2 aliphatic carbocycles. The summed E-state index contributed by atoms with van der Waals surface area (Å²) >= 11 is 3.50. The Balaban J connectivity index is 2.25. The zero-order valence-electron chi connectivity index (χ0n) is 11.3. The predicted molar refractivity (Wildman–Crippen MR) is 78.1 cm³/mol. The summed E-state index contributed by atoms with van der Waals surface area (Å²) in [5, 5.41) is 0. The molecule has 1 aliphatic heterocycles. The van der Waals surface area contributed by atoms with Crippen LogP contribution in [-0.2, 0) is 19.4 Å². The Morgan fingerprint density at radius 2 is 1.90 bits per heavy atom. The molecule has 0 aromatic rings. The minimum atomic E-state index is -3.28. The van der Waals surface area contributed by atoms with Crippen molar-refractivity contribution in [2.75, 3.05) is 5.75 Å². The minimum absolute atomic E-state index is 0.0641. The number of allylic oxidation sites excluding steroid dienone is 4. The van der Waals surface area contributed by atoms with Crippen LogP contribution >= 0.6 is 15.9 Å². The maximum Gasteiger partial charge on any atom is 0.176 e. The van der Waals surface area contributed by atoms with Crippen molar-refractivity contribution in [2.24, 2.45) is 11.8 Å². The number of alkyl halides is 1. The van der Waals surface area contributed by atoms with E-state index in [2.05, 4.69) is 15.9 Å². The van der Waals surface area contributed by atoms with Crippen molar-refractivity contribution < 1.29 is 18.0 Å². The summed E-state index contributed by atoms with van der Waals surface area (Å²) < 4.78 is 23.3. The number of rotatable bonds is 0. The summed E-state index contributed by atoms with van der Waals surface area (Å²) in [6, 6.07) is 0. The molecule has 4 nitrogen and oxygen atoms in total. The highest BCUT2D eigenvalue weighted by molar-refractivity contribution is 9.10. The molecule has 3 aliphatic rings. The molecular weight excluding hydrogens is 344 g/mol. The zero-order chi connectivity index (χ0) is 14.9. The molecule has 0 bridgehead atoms. The molecule has 1 heterocycles. The van der Waals surface area contributed by atoms with Gasteiger partial charge in [-0.25, -0.2) is 8.42 Å². The van der Waals surface area contributed by atoms with E-state index in [1.54, 1.807) is 13.8 Å². The molecule has 20 heavy (non-hydrogen) atoms. The third-order valence-electron chi connectivity index (χ3n) is 4.68. The van der Waals surface area contributed by atoms with Gasteiger partial charge in [0, 0.05) is 16.7 Å². The number of ketones is 2. The van der Waals surface area contributed by atoms with Crippen molar-refractivity contribution in [1.82, 2.24) is 0 Å². The summed E-state index contributed by atoms with van der Waals surface area (Å²) in [6.45, 7) is 3.38. The molecule has 0 spiro atoms. The van der Waals surface area contributed by atoms with E-state index >= 15 is 0 Å². The summed E-state index contributed by atoms with van der Waals surface area (Å²) in [6.07, 6.45) is 2.14. The van der Waals surface area contributed by atoms with Gasteiger partial charge in [-0.3, -0.25) is 9.59 Å². The van der Waals surface area contributed by atoms with Gasteiger partial charge in [-0.05, 0) is 38.3 Å². The van der Waals surface area contributed by atoms with Gasteiger partial charge >= 0.3 is 0 Å². The molecule has 0 N–H and O–H groups in total.